The van der Waals surface area contributed by atoms with Gasteiger partial charge in [-0.05, 0) is 31.2 Å². The summed E-state index contributed by atoms with van der Waals surface area (Å²) >= 11 is 0. The van der Waals surface area contributed by atoms with Crippen molar-refractivity contribution < 1.29 is 9.53 Å². The van der Waals surface area contributed by atoms with Gasteiger partial charge in [0.2, 0.25) is 0 Å². The molecule has 18 heavy (non-hydrogen) atoms. The van der Waals surface area contributed by atoms with Crippen LogP contribution in [0.4, 0.5) is 4.79 Å². The van der Waals surface area contributed by atoms with Crippen LogP contribution in [-0.2, 0) is 11.3 Å². The molecule has 1 aromatic carbocycles. The number of hydrogen-bond donors (Lipinski definition) is 0. The zero-order chi connectivity index (χ0) is 12.4. The lowest BCUT2D eigenvalue weighted by atomic mass is 10.0. The predicted octanol–water partition coefficient (Wildman–Crippen LogP) is 2.41. The molecule has 1 saturated carbocycles. The van der Waals surface area contributed by atoms with E-state index in [2.05, 4.69) is 0 Å². The molecule has 0 aromatic heterocycles. The van der Waals surface area contributed by atoms with Gasteiger partial charge in [0, 0.05) is 12.5 Å². The SMILES string of the molecule is O=C(OCc1ccccc1)N1C[C@H]1[C]1[CH][CH][CH][CH]1. The Bertz CT molecular complexity index is 412. The normalized spacial score (nSPS) is 23.1. The molecule has 3 nitrogen and oxygen atoms in total. The van der Waals surface area contributed by atoms with Crippen LogP contribution in [0.1, 0.15) is 5.56 Å². The van der Waals surface area contributed by atoms with Crippen LogP contribution in [0.5, 0.6) is 0 Å². The van der Waals surface area contributed by atoms with Gasteiger partial charge in [-0.15, -0.1) is 0 Å². The number of nitrogens with zero attached hydrogens (tertiary/aromatic N) is 1. The molecule has 1 saturated heterocycles. The monoisotopic (exact) mass is 240 g/mol. The third-order valence-electron chi connectivity index (χ3n) is 3.13. The second-order valence-corrected chi connectivity index (χ2v) is 4.43. The first kappa shape index (κ1) is 11.6. The van der Waals surface area contributed by atoms with Crippen molar-refractivity contribution in [2.45, 2.75) is 12.6 Å². The summed E-state index contributed by atoms with van der Waals surface area (Å²) in [5, 5.41) is 0. The second kappa shape index (κ2) is 5.01. The Morgan fingerprint density at radius 2 is 1.94 bits per heavy atom. The third kappa shape index (κ3) is 2.50. The molecule has 1 amide bonds. The fourth-order valence-corrected chi connectivity index (χ4v) is 2.04. The van der Waals surface area contributed by atoms with Crippen LogP contribution in [-0.4, -0.2) is 23.6 Å². The van der Waals surface area contributed by atoms with Gasteiger partial charge in [-0.25, -0.2) is 4.79 Å². The van der Waals surface area contributed by atoms with Crippen LogP contribution < -0.4 is 0 Å². The van der Waals surface area contributed by atoms with E-state index in [1.807, 2.05) is 56.0 Å². The molecule has 3 heteroatoms. The molecule has 1 aliphatic heterocycles. The van der Waals surface area contributed by atoms with Crippen molar-refractivity contribution in [2.24, 2.45) is 0 Å². The minimum atomic E-state index is -0.231. The Balaban J connectivity index is 1.46. The zero-order valence-corrected chi connectivity index (χ0v) is 9.95. The smallest absolute Gasteiger partial charge is 0.410 e. The number of carbonyl (C=O) groups is 1. The Morgan fingerprint density at radius 3 is 2.67 bits per heavy atom. The highest BCUT2D eigenvalue weighted by molar-refractivity contribution is 5.72. The summed E-state index contributed by atoms with van der Waals surface area (Å²) in [6.07, 6.45) is 7.82. The fraction of sp³-hybridized carbons (Fsp3) is 0.200. The summed E-state index contributed by atoms with van der Waals surface area (Å²) in [5.41, 5.74) is 1.01. The van der Waals surface area contributed by atoms with Gasteiger partial charge in [0.05, 0.1) is 6.04 Å². The van der Waals surface area contributed by atoms with Gasteiger partial charge in [0.1, 0.15) is 6.61 Å². The van der Waals surface area contributed by atoms with E-state index in [-0.39, 0.29) is 12.1 Å². The first-order valence-corrected chi connectivity index (χ1v) is 6.03. The number of benzene rings is 1. The quantitative estimate of drug-likeness (QED) is 0.759. The first-order chi connectivity index (χ1) is 8.84. The van der Waals surface area contributed by atoms with E-state index in [1.54, 1.807) is 4.90 Å². The van der Waals surface area contributed by atoms with E-state index < -0.39 is 0 Å². The van der Waals surface area contributed by atoms with Crippen molar-refractivity contribution in [3.05, 3.63) is 67.5 Å². The Hall–Kier alpha value is -1.51. The maximum atomic E-state index is 11.8. The van der Waals surface area contributed by atoms with Crippen LogP contribution in [0.2, 0.25) is 0 Å². The first-order valence-electron chi connectivity index (χ1n) is 6.03. The van der Waals surface area contributed by atoms with Gasteiger partial charge in [0.25, 0.3) is 0 Å². The summed E-state index contributed by atoms with van der Waals surface area (Å²) in [6, 6.07) is 9.93. The average molecular weight is 240 g/mol. The van der Waals surface area contributed by atoms with Crippen molar-refractivity contribution in [1.82, 2.24) is 4.90 Å². The molecular weight excluding hydrogens is 226 g/mol. The summed E-state index contributed by atoms with van der Waals surface area (Å²) in [5.74, 6) is 1.19. The predicted molar refractivity (Wildman–Crippen MR) is 67.6 cm³/mol. The Labute approximate surface area is 108 Å². The van der Waals surface area contributed by atoms with Crippen molar-refractivity contribution in [2.75, 3.05) is 6.54 Å². The molecule has 0 N–H and O–H groups in total. The number of hydrogen-bond acceptors (Lipinski definition) is 2. The van der Waals surface area contributed by atoms with Gasteiger partial charge in [0.15, 0.2) is 0 Å². The number of ether oxygens (including phenoxy) is 1. The highest BCUT2D eigenvalue weighted by Gasteiger charge is 2.46. The number of carbonyl (C=O) groups excluding carboxylic acids is 1. The van der Waals surface area contributed by atoms with Crippen LogP contribution in [0.15, 0.2) is 30.3 Å². The number of amides is 1. The standard InChI is InChI=1S/C15H14NO2/c17-15(18-11-12-6-2-1-3-7-12)16-10-14(16)13-8-4-5-9-13/h1-9,14H,10-11H2/t14-,16?/m0/s1. The molecule has 2 aliphatic rings. The molecule has 5 radical (unpaired) electrons. The average Bonchev–Trinajstić information content (AvgIpc) is 3.03. The molecular formula is C15H14NO2. The molecule has 1 aromatic rings. The minimum absolute atomic E-state index is 0.211. The zero-order valence-electron chi connectivity index (χ0n) is 9.95. The van der Waals surface area contributed by atoms with Crippen molar-refractivity contribution in [3.8, 4) is 0 Å². The van der Waals surface area contributed by atoms with Gasteiger partial charge < -0.3 is 9.64 Å². The van der Waals surface area contributed by atoms with Crippen molar-refractivity contribution in [1.29, 1.82) is 0 Å². The van der Waals surface area contributed by atoms with Crippen LogP contribution in [0.25, 0.3) is 0 Å². The highest BCUT2D eigenvalue weighted by atomic mass is 16.6. The minimum Gasteiger partial charge on any atom is -0.445 e. The molecule has 3 rings (SSSR count). The van der Waals surface area contributed by atoms with Gasteiger partial charge >= 0.3 is 6.09 Å². The number of rotatable bonds is 3. The van der Waals surface area contributed by atoms with E-state index in [0.29, 0.717) is 6.61 Å². The lowest BCUT2D eigenvalue weighted by Gasteiger charge is -2.09. The maximum absolute atomic E-state index is 11.8. The molecule has 0 bridgehead atoms. The molecule has 2 fully saturated rings. The van der Waals surface area contributed by atoms with Gasteiger partial charge in [-0.3, -0.25) is 0 Å². The molecule has 0 spiro atoms. The van der Waals surface area contributed by atoms with Gasteiger partial charge in [-0.1, -0.05) is 30.3 Å². The molecule has 1 aliphatic carbocycles. The van der Waals surface area contributed by atoms with E-state index in [1.165, 1.54) is 5.92 Å². The molecule has 1 heterocycles. The van der Waals surface area contributed by atoms with E-state index >= 15 is 0 Å². The topological polar surface area (TPSA) is 29.3 Å². The van der Waals surface area contributed by atoms with E-state index in [0.717, 1.165) is 12.1 Å². The van der Waals surface area contributed by atoms with E-state index in [4.69, 9.17) is 4.74 Å². The van der Waals surface area contributed by atoms with Crippen LogP contribution >= 0.6 is 0 Å². The summed E-state index contributed by atoms with van der Waals surface area (Å²) in [7, 11) is 0. The molecule has 0 unspecified atom stereocenters. The lowest BCUT2D eigenvalue weighted by Crippen LogP contribution is -2.18. The summed E-state index contributed by atoms with van der Waals surface area (Å²) in [4.78, 5) is 13.5. The largest absolute Gasteiger partial charge is 0.445 e. The van der Waals surface area contributed by atoms with E-state index in [9.17, 15) is 4.79 Å². The van der Waals surface area contributed by atoms with Crippen molar-refractivity contribution >= 4 is 6.09 Å². The second-order valence-electron chi connectivity index (χ2n) is 4.43. The molecule has 91 valence electrons. The Morgan fingerprint density at radius 1 is 1.22 bits per heavy atom. The highest BCUT2D eigenvalue weighted by Crippen LogP contribution is 2.37. The maximum Gasteiger partial charge on any atom is 0.410 e. The molecule has 1 atom stereocenters. The van der Waals surface area contributed by atoms with Gasteiger partial charge in [-0.2, -0.15) is 0 Å². The fourth-order valence-electron chi connectivity index (χ4n) is 2.04. The third-order valence-corrected chi connectivity index (χ3v) is 3.13. The van der Waals surface area contributed by atoms with Crippen LogP contribution in [0, 0.1) is 31.6 Å². The summed E-state index contributed by atoms with van der Waals surface area (Å²) < 4.78 is 5.27. The Kier molecular flexibility index (Phi) is 3.22. The van der Waals surface area contributed by atoms with Crippen LogP contribution in [0.3, 0.4) is 0 Å². The lowest BCUT2D eigenvalue weighted by molar-refractivity contribution is 0.123. The van der Waals surface area contributed by atoms with Crippen molar-refractivity contribution in [3.63, 3.8) is 0 Å². The summed E-state index contributed by atoms with van der Waals surface area (Å²) in [6.45, 7) is 1.10.